The molecule has 1 fully saturated rings. The van der Waals surface area contributed by atoms with Crippen LogP contribution in [-0.4, -0.2) is 49.5 Å². The molecule has 0 aromatic heterocycles. The largest absolute Gasteiger partial charge is 0.481 e. The number of carbonyl (C=O) groups is 2. The topological polar surface area (TPSA) is 84.9 Å². The van der Waals surface area contributed by atoms with Gasteiger partial charge >= 0.3 is 5.97 Å². The molecule has 1 amide bonds. The summed E-state index contributed by atoms with van der Waals surface area (Å²) in [7, 11) is 0. The van der Waals surface area contributed by atoms with Gasteiger partial charge in [-0.25, -0.2) is 0 Å². The van der Waals surface area contributed by atoms with Crippen molar-refractivity contribution in [3.05, 3.63) is 0 Å². The molecule has 0 aromatic rings. The van der Waals surface area contributed by atoms with Gasteiger partial charge in [0, 0.05) is 13.0 Å². The fraction of sp³-hybridized carbons (Fsp3) is 0.846. The molecule has 0 saturated carbocycles. The second-order valence-electron chi connectivity index (χ2n) is 4.72. The molecule has 0 aliphatic carbocycles. The Kier molecular flexibility index (Phi) is 7.43. The zero-order valence-corrected chi connectivity index (χ0v) is 11.4. The van der Waals surface area contributed by atoms with Gasteiger partial charge in [-0.1, -0.05) is 13.3 Å². The summed E-state index contributed by atoms with van der Waals surface area (Å²) >= 11 is 0. The Bertz CT molecular complexity index is 289. The van der Waals surface area contributed by atoms with E-state index in [1.54, 1.807) is 0 Å². The van der Waals surface area contributed by atoms with Crippen LogP contribution in [0.2, 0.25) is 0 Å². The molecule has 19 heavy (non-hydrogen) atoms. The van der Waals surface area contributed by atoms with E-state index in [0.29, 0.717) is 38.7 Å². The molecule has 1 aliphatic heterocycles. The van der Waals surface area contributed by atoms with Gasteiger partial charge < -0.3 is 19.9 Å². The number of aliphatic carboxylic acids is 1. The van der Waals surface area contributed by atoms with Crippen molar-refractivity contribution in [2.75, 3.05) is 26.4 Å². The highest BCUT2D eigenvalue weighted by atomic mass is 16.6. The second-order valence-corrected chi connectivity index (χ2v) is 4.72. The number of hydrogen-bond acceptors (Lipinski definition) is 4. The summed E-state index contributed by atoms with van der Waals surface area (Å²) in [4.78, 5) is 22.2. The minimum Gasteiger partial charge on any atom is -0.481 e. The molecule has 2 atom stereocenters. The summed E-state index contributed by atoms with van der Waals surface area (Å²) in [6.07, 6.45) is 2.05. The van der Waals surface area contributed by atoms with Gasteiger partial charge in [0.25, 0.3) is 5.91 Å². The van der Waals surface area contributed by atoms with E-state index in [1.807, 2.05) is 6.92 Å². The fourth-order valence-electron chi connectivity index (χ4n) is 2.03. The van der Waals surface area contributed by atoms with Crippen molar-refractivity contribution in [2.24, 2.45) is 5.92 Å². The Morgan fingerprint density at radius 2 is 2.16 bits per heavy atom. The average molecular weight is 273 g/mol. The molecule has 110 valence electrons. The maximum absolute atomic E-state index is 11.7. The van der Waals surface area contributed by atoms with Gasteiger partial charge in [-0.15, -0.1) is 0 Å². The highest BCUT2D eigenvalue weighted by Gasteiger charge is 2.22. The minimum absolute atomic E-state index is 0.146. The van der Waals surface area contributed by atoms with Crippen molar-refractivity contribution in [1.82, 2.24) is 5.32 Å². The van der Waals surface area contributed by atoms with E-state index >= 15 is 0 Å². The zero-order chi connectivity index (χ0) is 14.1. The van der Waals surface area contributed by atoms with Crippen LogP contribution >= 0.6 is 0 Å². The van der Waals surface area contributed by atoms with Gasteiger partial charge in [-0.05, 0) is 18.8 Å². The van der Waals surface area contributed by atoms with Crippen LogP contribution in [0, 0.1) is 5.92 Å². The highest BCUT2D eigenvalue weighted by molar-refractivity contribution is 5.80. The van der Waals surface area contributed by atoms with Crippen molar-refractivity contribution < 1.29 is 24.2 Å². The first-order valence-electron chi connectivity index (χ1n) is 6.82. The molecule has 0 bridgehead atoms. The van der Waals surface area contributed by atoms with Crippen LogP contribution in [0.1, 0.15) is 32.6 Å². The van der Waals surface area contributed by atoms with Crippen LogP contribution in [0.15, 0.2) is 0 Å². The molecule has 2 unspecified atom stereocenters. The normalized spacial score (nSPS) is 20.8. The SMILES string of the molecule is CCC(CCNC(=O)C1COCCO1)CCC(=O)O. The van der Waals surface area contributed by atoms with Crippen LogP contribution in [0.5, 0.6) is 0 Å². The lowest BCUT2D eigenvalue weighted by Crippen LogP contribution is -2.43. The van der Waals surface area contributed by atoms with Crippen molar-refractivity contribution >= 4 is 11.9 Å². The van der Waals surface area contributed by atoms with Gasteiger partial charge in [-0.3, -0.25) is 9.59 Å². The number of ether oxygens (including phenoxy) is 2. The third kappa shape index (κ3) is 6.54. The molecule has 2 N–H and O–H groups in total. The lowest BCUT2D eigenvalue weighted by Gasteiger charge is -2.22. The Labute approximate surface area is 113 Å². The van der Waals surface area contributed by atoms with Gasteiger partial charge in [0.1, 0.15) is 0 Å². The van der Waals surface area contributed by atoms with Crippen LogP contribution in [0.4, 0.5) is 0 Å². The molecule has 1 aliphatic rings. The number of carboxylic acid groups (broad SMARTS) is 1. The van der Waals surface area contributed by atoms with Crippen molar-refractivity contribution in [1.29, 1.82) is 0 Å². The van der Waals surface area contributed by atoms with Crippen LogP contribution in [0.25, 0.3) is 0 Å². The molecule has 1 saturated heterocycles. The van der Waals surface area contributed by atoms with E-state index < -0.39 is 12.1 Å². The van der Waals surface area contributed by atoms with Gasteiger partial charge in [0.15, 0.2) is 6.10 Å². The van der Waals surface area contributed by atoms with Gasteiger partial charge in [0.05, 0.1) is 19.8 Å². The number of rotatable bonds is 8. The van der Waals surface area contributed by atoms with Crippen molar-refractivity contribution in [3.8, 4) is 0 Å². The minimum atomic E-state index is -0.768. The van der Waals surface area contributed by atoms with Crippen LogP contribution in [0.3, 0.4) is 0 Å². The van der Waals surface area contributed by atoms with E-state index in [-0.39, 0.29) is 12.3 Å². The number of nitrogens with one attached hydrogen (secondary N) is 1. The third-order valence-electron chi connectivity index (χ3n) is 3.30. The van der Waals surface area contributed by atoms with E-state index in [9.17, 15) is 9.59 Å². The molecule has 6 heteroatoms. The zero-order valence-electron chi connectivity index (χ0n) is 11.4. The van der Waals surface area contributed by atoms with E-state index in [0.717, 1.165) is 12.8 Å². The Morgan fingerprint density at radius 3 is 2.74 bits per heavy atom. The number of carbonyl (C=O) groups excluding carboxylic acids is 1. The maximum atomic E-state index is 11.7. The summed E-state index contributed by atoms with van der Waals surface area (Å²) in [5.41, 5.74) is 0. The molecule has 1 rings (SSSR count). The maximum Gasteiger partial charge on any atom is 0.303 e. The Hall–Kier alpha value is -1.14. The smallest absolute Gasteiger partial charge is 0.303 e. The average Bonchev–Trinajstić information content (AvgIpc) is 2.43. The first kappa shape index (κ1) is 15.9. The predicted octanol–water partition coefficient (Wildman–Crippen LogP) is 0.799. The molecular formula is C13H23NO5. The predicted molar refractivity (Wildman–Crippen MR) is 68.8 cm³/mol. The standard InChI is InChI=1S/C13H23NO5/c1-2-10(3-4-12(15)16)5-6-14-13(17)11-9-18-7-8-19-11/h10-11H,2-9H2,1H3,(H,14,17)(H,15,16). The summed E-state index contributed by atoms with van der Waals surface area (Å²) in [6, 6.07) is 0. The first-order valence-corrected chi connectivity index (χ1v) is 6.82. The second kappa shape index (κ2) is 8.87. The van der Waals surface area contributed by atoms with Gasteiger partial charge in [-0.2, -0.15) is 0 Å². The van der Waals surface area contributed by atoms with E-state index in [4.69, 9.17) is 14.6 Å². The summed E-state index contributed by atoms with van der Waals surface area (Å²) in [5, 5.41) is 11.5. The molecule has 1 heterocycles. The van der Waals surface area contributed by atoms with Gasteiger partial charge in [0.2, 0.25) is 0 Å². The summed E-state index contributed by atoms with van der Waals surface area (Å²) < 4.78 is 10.5. The van der Waals surface area contributed by atoms with Crippen molar-refractivity contribution in [3.63, 3.8) is 0 Å². The fourth-order valence-corrected chi connectivity index (χ4v) is 2.03. The first-order chi connectivity index (χ1) is 9.13. The highest BCUT2D eigenvalue weighted by Crippen LogP contribution is 2.14. The number of hydrogen-bond donors (Lipinski definition) is 2. The Balaban J connectivity index is 2.16. The lowest BCUT2D eigenvalue weighted by molar-refractivity contribution is -0.147. The van der Waals surface area contributed by atoms with Crippen LogP contribution < -0.4 is 5.32 Å². The molecular weight excluding hydrogens is 250 g/mol. The lowest BCUT2D eigenvalue weighted by atomic mass is 9.96. The number of amides is 1. The quantitative estimate of drug-likeness (QED) is 0.683. The van der Waals surface area contributed by atoms with E-state index in [2.05, 4.69) is 5.32 Å². The molecule has 6 nitrogen and oxygen atoms in total. The molecule has 0 spiro atoms. The van der Waals surface area contributed by atoms with E-state index in [1.165, 1.54) is 0 Å². The number of carboxylic acids is 1. The molecule has 0 aromatic carbocycles. The van der Waals surface area contributed by atoms with Crippen LogP contribution in [-0.2, 0) is 19.1 Å². The molecule has 0 radical (unpaired) electrons. The van der Waals surface area contributed by atoms with Crippen molar-refractivity contribution in [2.45, 2.75) is 38.7 Å². The monoisotopic (exact) mass is 273 g/mol. The third-order valence-corrected chi connectivity index (χ3v) is 3.30. The Morgan fingerprint density at radius 1 is 1.37 bits per heavy atom. The summed E-state index contributed by atoms with van der Waals surface area (Å²) in [6.45, 7) is 3.89. The summed E-state index contributed by atoms with van der Waals surface area (Å²) in [5.74, 6) is -0.581.